The van der Waals surface area contributed by atoms with Gasteiger partial charge in [-0.15, -0.1) is 0 Å². The Hall–Kier alpha value is -2.16. The molecule has 0 aliphatic carbocycles. The third-order valence-electron chi connectivity index (χ3n) is 3.36. The molecule has 0 spiro atoms. The van der Waals surface area contributed by atoms with E-state index < -0.39 is 11.9 Å². The first-order valence-electron chi connectivity index (χ1n) is 8.78. The van der Waals surface area contributed by atoms with Crippen LogP contribution in [0, 0.1) is 6.92 Å². The van der Waals surface area contributed by atoms with E-state index in [0.717, 1.165) is 18.8 Å². The summed E-state index contributed by atoms with van der Waals surface area (Å²) < 4.78 is 11.4. The molecule has 0 heterocycles. The molecule has 154 valence electrons. The highest BCUT2D eigenvalue weighted by Gasteiger charge is 2.18. The zero-order chi connectivity index (χ0) is 20.9. The minimum atomic E-state index is -1.82. The molecule has 8 nitrogen and oxygen atoms in total. The molecule has 0 bridgehead atoms. The zero-order valence-corrected chi connectivity index (χ0v) is 16.6. The molecule has 0 atom stereocenters. The highest BCUT2D eigenvalue weighted by Crippen LogP contribution is 2.31. The van der Waals surface area contributed by atoms with Crippen LogP contribution in [-0.4, -0.2) is 61.6 Å². The van der Waals surface area contributed by atoms with E-state index in [9.17, 15) is 0 Å². The van der Waals surface area contributed by atoms with Crippen molar-refractivity contribution in [2.45, 2.75) is 33.1 Å². The van der Waals surface area contributed by atoms with Crippen LogP contribution in [0.2, 0.25) is 0 Å². The van der Waals surface area contributed by atoms with Crippen LogP contribution in [-0.2, 0) is 19.7 Å². The second-order valence-electron chi connectivity index (χ2n) is 6.86. The standard InChI is InChI=1S/C17H30N2O2.C2H2O4/c1-14-5-6-15(17(2,3)4)16(13-14)21-12-11-20-10-9-19-8-7-18;3-1(4)2(5)6/h5-6,13,19H,7-12,18H2,1-4H3;(H,3,4)(H,5,6). The van der Waals surface area contributed by atoms with Crippen LogP contribution in [0.25, 0.3) is 0 Å². The van der Waals surface area contributed by atoms with Crippen molar-refractivity contribution in [3.63, 3.8) is 0 Å². The van der Waals surface area contributed by atoms with Crippen LogP contribution in [0.4, 0.5) is 0 Å². The van der Waals surface area contributed by atoms with Crippen molar-refractivity contribution in [2.24, 2.45) is 5.73 Å². The van der Waals surface area contributed by atoms with Gasteiger partial charge < -0.3 is 30.7 Å². The molecular formula is C19H32N2O6. The Morgan fingerprint density at radius 3 is 2.22 bits per heavy atom. The average Bonchev–Trinajstić information content (AvgIpc) is 2.56. The number of aliphatic carboxylic acids is 2. The van der Waals surface area contributed by atoms with Crippen LogP contribution in [0.15, 0.2) is 18.2 Å². The van der Waals surface area contributed by atoms with Crippen molar-refractivity contribution in [2.75, 3.05) is 39.5 Å². The first-order chi connectivity index (χ1) is 12.6. The molecule has 0 unspecified atom stereocenters. The van der Waals surface area contributed by atoms with E-state index in [2.05, 4.69) is 51.2 Å². The van der Waals surface area contributed by atoms with Crippen molar-refractivity contribution >= 4 is 11.9 Å². The van der Waals surface area contributed by atoms with Crippen molar-refractivity contribution in [3.8, 4) is 5.75 Å². The predicted molar refractivity (Wildman–Crippen MR) is 103 cm³/mol. The number of carboxylic acid groups (broad SMARTS) is 2. The maximum Gasteiger partial charge on any atom is 0.414 e. The Morgan fingerprint density at radius 2 is 1.70 bits per heavy atom. The third-order valence-corrected chi connectivity index (χ3v) is 3.36. The molecule has 8 heteroatoms. The van der Waals surface area contributed by atoms with Crippen molar-refractivity contribution in [1.82, 2.24) is 5.32 Å². The lowest BCUT2D eigenvalue weighted by molar-refractivity contribution is -0.159. The van der Waals surface area contributed by atoms with Gasteiger partial charge in [-0.3, -0.25) is 0 Å². The highest BCUT2D eigenvalue weighted by atomic mass is 16.5. The molecule has 0 aromatic heterocycles. The minimum absolute atomic E-state index is 0.0794. The van der Waals surface area contributed by atoms with Gasteiger partial charge in [-0.2, -0.15) is 0 Å². The lowest BCUT2D eigenvalue weighted by Gasteiger charge is -2.23. The molecule has 0 saturated carbocycles. The molecule has 0 amide bonds. The highest BCUT2D eigenvalue weighted by molar-refractivity contribution is 6.27. The van der Waals surface area contributed by atoms with Gasteiger partial charge in [0.1, 0.15) is 12.4 Å². The number of aryl methyl sites for hydroxylation is 1. The summed E-state index contributed by atoms with van der Waals surface area (Å²) in [5.41, 5.74) is 7.92. The summed E-state index contributed by atoms with van der Waals surface area (Å²) in [6.45, 7) is 12.9. The molecule has 0 fully saturated rings. The Kier molecular flexibility index (Phi) is 12.0. The maximum atomic E-state index is 9.10. The summed E-state index contributed by atoms with van der Waals surface area (Å²) in [4.78, 5) is 18.2. The van der Waals surface area contributed by atoms with Gasteiger partial charge in [0, 0.05) is 19.6 Å². The summed E-state index contributed by atoms with van der Waals surface area (Å²) in [5.74, 6) is -2.68. The molecule has 1 rings (SSSR count). The Balaban J connectivity index is 0.000000972. The van der Waals surface area contributed by atoms with Crippen LogP contribution in [0.3, 0.4) is 0 Å². The fourth-order valence-corrected chi connectivity index (χ4v) is 2.05. The number of nitrogens with one attached hydrogen (secondary N) is 1. The summed E-state index contributed by atoms with van der Waals surface area (Å²) in [6.07, 6.45) is 0. The zero-order valence-electron chi connectivity index (χ0n) is 16.6. The summed E-state index contributed by atoms with van der Waals surface area (Å²) in [7, 11) is 0. The van der Waals surface area contributed by atoms with Gasteiger partial charge in [0.05, 0.1) is 13.2 Å². The smallest absolute Gasteiger partial charge is 0.414 e. The molecule has 0 radical (unpaired) electrons. The Bertz CT molecular complexity index is 572. The number of benzene rings is 1. The van der Waals surface area contributed by atoms with Gasteiger partial charge in [0.25, 0.3) is 0 Å². The van der Waals surface area contributed by atoms with Gasteiger partial charge in [-0.25, -0.2) is 9.59 Å². The van der Waals surface area contributed by atoms with Crippen LogP contribution in [0.5, 0.6) is 5.75 Å². The topological polar surface area (TPSA) is 131 Å². The lowest BCUT2D eigenvalue weighted by atomic mass is 9.86. The number of ether oxygens (including phenoxy) is 2. The van der Waals surface area contributed by atoms with E-state index >= 15 is 0 Å². The second kappa shape index (κ2) is 13.1. The summed E-state index contributed by atoms with van der Waals surface area (Å²) >= 11 is 0. The van der Waals surface area contributed by atoms with E-state index in [-0.39, 0.29) is 5.41 Å². The number of carboxylic acids is 2. The summed E-state index contributed by atoms with van der Waals surface area (Å²) in [6, 6.07) is 6.39. The molecular weight excluding hydrogens is 352 g/mol. The Morgan fingerprint density at radius 1 is 1.07 bits per heavy atom. The molecule has 1 aromatic carbocycles. The average molecular weight is 384 g/mol. The maximum absolute atomic E-state index is 9.10. The van der Waals surface area contributed by atoms with Crippen LogP contribution in [0.1, 0.15) is 31.9 Å². The molecule has 0 aliphatic heterocycles. The van der Waals surface area contributed by atoms with Gasteiger partial charge in [0.15, 0.2) is 0 Å². The normalized spacial score (nSPS) is 10.7. The van der Waals surface area contributed by atoms with Gasteiger partial charge in [-0.05, 0) is 29.5 Å². The SMILES string of the molecule is Cc1ccc(C(C)(C)C)c(OCCOCCNCCN)c1.O=C(O)C(=O)O. The fraction of sp³-hybridized carbons (Fsp3) is 0.579. The number of nitrogens with two attached hydrogens (primary N) is 1. The number of carbonyl (C=O) groups is 2. The van der Waals surface area contributed by atoms with Crippen LogP contribution >= 0.6 is 0 Å². The molecule has 0 aliphatic rings. The number of hydrogen-bond acceptors (Lipinski definition) is 6. The van der Waals surface area contributed by atoms with E-state index in [1.807, 2.05) is 0 Å². The first kappa shape index (κ1) is 24.8. The van der Waals surface area contributed by atoms with E-state index in [0.29, 0.717) is 26.4 Å². The van der Waals surface area contributed by atoms with E-state index in [1.165, 1.54) is 11.1 Å². The number of rotatable bonds is 9. The number of hydrogen-bond donors (Lipinski definition) is 4. The van der Waals surface area contributed by atoms with Gasteiger partial charge >= 0.3 is 11.9 Å². The van der Waals surface area contributed by atoms with Gasteiger partial charge in [-0.1, -0.05) is 32.9 Å². The second-order valence-corrected chi connectivity index (χ2v) is 6.86. The van der Waals surface area contributed by atoms with Crippen molar-refractivity contribution in [3.05, 3.63) is 29.3 Å². The van der Waals surface area contributed by atoms with Crippen LogP contribution < -0.4 is 15.8 Å². The fourth-order valence-electron chi connectivity index (χ4n) is 2.05. The van der Waals surface area contributed by atoms with Gasteiger partial charge in [0.2, 0.25) is 0 Å². The predicted octanol–water partition coefficient (Wildman–Crippen LogP) is 1.39. The molecule has 27 heavy (non-hydrogen) atoms. The third kappa shape index (κ3) is 12.0. The monoisotopic (exact) mass is 384 g/mol. The van der Waals surface area contributed by atoms with Crippen molar-refractivity contribution < 1.29 is 29.3 Å². The molecule has 0 saturated heterocycles. The Labute approximate surface area is 160 Å². The van der Waals surface area contributed by atoms with E-state index in [1.54, 1.807) is 0 Å². The molecule has 1 aromatic rings. The molecule has 5 N–H and O–H groups in total. The first-order valence-corrected chi connectivity index (χ1v) is 8.78. The lowest BCUT2D eigenvalue weighted by Crippen LogP contribution is -2.26. The quantitative estimate of drug-likeness (QED) is 0.371. The van der Waals surface area contributed by atoms with E-state index in [4.69, 9.17) is 35.0 Å². The summed E-state index contributed by atoms with van der Waals surface area (Å²) in [5, 5.41) is 18.0. The largest absolute Gasteiger partial charge is 0.491 e. The van der Waals surface area contributed by atoms with Crippen molar-refractivity contribution in [1.29, 1.82) is 0 Å². The minimum Gasteiger partial charge on any atom is -0.491 e.